The SMILES string of the molecule is O=[N+]([O-])c1cccc2[nH]c(C(F)F)cc12. The highest BCUT2D eigenvalue weighted by atomic mass is 19.3. The number of nitrogens with zero attached hydrogens (tertiary/aromatic N) is 1. The molecule has 78 valence electrons. The number of non-ortho nitro benzene ring substituents is 1. The van der Waals surface area contributed by atoms with Crippen LogP contribution >= 0.6 is 0 Å². The molecule has 0 radical (unpaired) electrons. The van der Waals surface area contributed by atoms with E-state index in [4.69, 9.17) is 0 Å². The lowest BCUT2D eigenvalue weighted by Gasteiger charge is -1.91. The highest BCUT2D eigenvalue weighted by molar-refractivity contribution is 5.89. The van der Waals surface area contributed by atoms with E-state index in [1.165, 1.54) is 18.2 Å². The molecule has 0 saturated heterocycles. The van der Waals surface area contributed by atoms with E-state index in [-0.39, 0.29) is 16.8 Å². The lowest BCUT2D eigenvalue weighted by molar-refractivity contribution is -0.383. The molecule has 0 atom stereocenters. The summed E-state index contributed by atoms with van der Waals surface area (Å²) >= 11 is 0. The first-order valence-corrected chi connectivity index (χ1v) is 4.14. The number of fused-ring (bicyclic) bond motifs is 1. The van der Waals surface area contributed by atoms with Gasteiger partial charge in [-0.15, -0.1) is 0 Å². The second kappa shape index (κ2) is 3.30. The number of nitro groups is 1. The maximum Gasteiger partial charge on any atom is 0.278 e. The summed E-state index contributed by atoms with van der Waals surface area (Å²) in [6.45, 7) is 0. The second-order valence-electron chi connectivity index (χ2n) is 3.02. The smallest absolute Gasteiger partial charge is 0.278 e. The number of nitro benzene ring substituents is 1. The van der Waals surface area contributed by atoms with Crippen molar-refractivity contribution >= 4 is 16.6 Å². The molecule has 1 aromatic carbocycles. The number of H-pyrrole nitrogens is 1. The molecule has 0 saturated carbocycles. The Hall–Kier alpha value is -1.98. The van der Waals surface area contributed by atoms with Gasteiger partial charge in [0.15, 0.2) is 0 Å². The van der Waals surface area contributed by atoms with Crippen LogP contribution in [0.5, 0.6) is 0 Å². The highest BCUT2D eigenvalue weighted by Crippen LogP contribution is 2.29. The molecule has 1 N–H and O–H groups in total. The summed E-state index contributed by atoms with van der Waals surface area (Å²) < 4.78 is 24.7. The monoisotopic (exact) mass is 212 g/mol. The van der Waals surface area contributed by atoms with Crippen molar-refractivity contribution < 1.29 is 13.7 Å². The van der Waals surface area contributed by atoms with Crippen LogP contribution in [0.25, 0.3) is 10.9 Å². The van der Waals surface area contributed by atoms with Crippen molar-refractivity contribution in [3.63, 3.8) is 0 Å². The molecule has 0 unspecified atom stereocenters. The summed E-state index contributed by atoms with van der Waals surface area (Å²) in [7, 11) is 0. The van der Waals surface area contributed by atoms with Crippen LogP contribution < -0.4 is 0 Å². The first-order valence-electron chi connectivity index (χ1n) is 4.14. The third-order valence-corrected chi connectivity index (χ3v) is 2.09. The lowest BCUT2D eigenvalue weighted by Crippen LogP contribution is -1.87. The normalized spacial score (nSPS) is 11.1. The lowest BCUT2D eigenvalue weighted by atomic mass is 10.2. The van der Waals surface area contributed by atoms with Crippen molar-refractivity contribution in [3.8, 4) is 0 Å². The molecular weight excluding hydrogens is 206 g/mol. The number of halogens is 2. The summed E-state index contributed by atoms with van der Waals surface area (Å²) in [5.41, 5.74) is -0.130. The van der Waals surface area contributed by atoms with E-state index in [2.05, 4.69) is 4.98 Å². The molecule has 0 amide bonds. The molecular formula is C9H6F2N2O2. The van der Waals surface area contributed by atoms with Crippen molar-refractivity contribution in [2.75, 3.05) is 0 Å². The molecule has 15 heavy (non-hydrogen) atoms. The Balaban J connectivity index is 2.70. The fourth-order valence-electron chi connectivity index (χ4n) is 1.44. The topological polar surface area (TPSA) is 58.9 Å². The number of rotatable bonds is 2. The van der Waals surface area contributed by atoms with Crippen LogP contribution in [0.4, 0.5) is 14.5 Å². The standard InChI is InChI=1S/C9H6F2N2O2/c10-9(11)7-4-5-6(12-7)2-1-3-8(5)13(14)15/h1-4,9,12H. The van der Waals surface area contributed by atoms with Crippen LogP contribution in [0.2, 0.25) is 0 Å². The first-order chi connectivity index (χ1) is 7.09. The highest BCUT2D eigenvalue weighted by Gasteiger charge is 2.17. The van der Waals surface area contributed by atoms with Gasteiger partial charge in [-0.3, -0.25) is 10.1 Å². The van der Waals surface area contributed by atoms with Crippen LogP contribution in [-0.4, -0.2) is 9.91 Å². The number of aromatic amines is 1. The number of hydrogen-bond acceptors (Lipinski definition) is 2. The third kappa shape index (κ3) is 1.54. The van der Waals surface area contributed by atoms with Gasteiger partial charge in [0.1, 0.15) is 0 Å². The van der Waals surface area contributed by atoms with Crippen molar-refractivity contribution in [2.45, 2.75) is 6.43 Å². The quantitative estimate of drug-likeness (QED) is 0.614. The van der Waals surface area contributed by atoms with E-state index in [1.54, 1.807) is 0 Å². The van der Waals surface area contributed by atoms with Gasteiger partial charge in [-0.2, -0.15) is 0 Å². The van der Waals surface area contributed by atoms with E-state index < -0.39 is 11.3 Å². The Morgan fingerprint density at radius 1 is 1.40 bits per heavy atom. The number of benzene rings is 1. The maximum atomic E-state index is 12.3. The average Bonchev–Trinajstić information content (AvgIpc) is 2.60. The molecule has 2 aromatic rings. The van der Waals surface area contributed by atoms with Gasteiger partial charge < -0.3 is 4.98 Å². The van der Waals surface area contributed by atoms with Crippen molar-refractivity contribution in [1.29, 1.82) is 0 Å². The maximum absolute atomic E-state index is 12.3. The minimum Gasteiger partial charge on any atom is -0.354 e. The molecule has 0 aliphatic heterocycles. The summed E-state index contributed by atoms with van der Waals surface area (Å²) in [5.74, 6) is 0. The zero-order valence-electron chi connectivity index (χ0n) is 7.41. The molecule has 0 aliphatic rings. The van der Waals surface area contributed by atoms with Gasteiger partial charge in [0, 0.05) is 6.07 Å². The van der Waals surface area contributed by atoms with E-state index in [0.29, 0.717) is 5.52 Å². The average molecular weight is 212 g/mol. The zero-order chi connectivity index (χ0) is 11.0. The molecule has 0 spiro atoms. The van der Waals surface area contributed by atoms with Crippen LogP contribution in [-0.2, 0) is 0 Å². The van der Waals surface area contributed by atoms with Gasteiger partial charge in [-0.05, 0) is 12.1 Å². The number of hydrogen-bond donors (Lipinski definition) is 1. The van der Waals surface area contributed by atoms with Crippen LogP contribution in [0, 0.1) is 10.1 Å². The van der Waals surface area contributed by atoms with E-state index in [9.17, 15) is 18.9 Å². The third-order valence-electron chi connectivity index (χ3n) is 2.09. The molecule has 0 aliphatic carbocycles. The summed E-state index contributed by atoms with van der Waals surface area (Å²) in [4.78, 5) is 12.4. The minimum absolute atomic E-state index is 0.171. The van der Waals surface area contributed by atoms with E-state index >= 15 is 0 Å². The van der Waals surface area contributed by atoms with Crippen LogP contribution in [0.3, 0.4) is 0 Å². The van der Waals surface area contributed by atoms with E-state index in [1.807, 2.05) is 0 Å². The van der Waals surface area contributed by atoms with Gasteiger partial charge in [-0.1, -0.05) is 6.07 Å². The van der Waals surface area contributed by atoms with Crippen molar-refractivity contribution in [3.05, 3.63) is 40.1 Å². The molecule has 0 fully saturated rings. The van der Waals surface area contributed by atoms with Gasteiger partial charge >= 0.3 is 0 Å². The van der Waals surface area contributed by atoms with Crippen LogP contribution in [0.15, 0.2) is 24.3 Å². The second-order valence-corrected chi connectivity index (χ2v) is 3.02. The Morgan fingerprint density at radius 2 is 2.13 bits per heavy atom. The summed E-state index contributed by atoms with van der Waals surface area (Å²) in [6.07, 6.45) is -2.66. The molecule has 1 heterocycles. The van der Waals surface area contributed by atoms with Crippen molar-refractivity contribution in [2.24, 2.45) is 0 Å². The Bertz CT molecular complexity index is 522. The van der Waals surface area contributed by atoms with Gasteiger partial charge in [0.05, 0.1) is 21.5 Å². The fourth-order valence-corrected chi connectivity index (χ4v) is 1.44. The largest absolute Gasteiger partial charge is 0.354 e. The first kappa shape index (κ1) is 9.57. The predicted octanol–water partition coefficient (Wildman–Crippen LogP) is 3.01. The zero-order valence-corrected chi connectivity index (χ0v) is 7.41. The fraction of sp³-hybridized carbons (Fsp3) is 0.111. The number of nitrogens with one attached hydrogen (secondary N) is 1. The molecule has 0 bridgehead atoms. The Kier molecular flexibility index (Phi) is 2.11. The molecule has 2 rings (SSSR count). The molecule has 6 heteroatoms. The van der Waals surface area contributed by atoms with Gasteiger partial charge in [0.25, 0.3) is 12.1 Å². The van der Waals surface area contributed by atoms with Gasteiger partial charge in [0.2, 0.25) is 0 Å². The number of aromatic nitrogens is 1. The Morgan fingerprint density at radius 3 is 2.73 bits per heavy atom. The minimum atomic E-state index is -2.66. The van der Waals surface area contributed by atoms with E-state index in [0.717, 1.165) is 6.07 Å². The Labute approximate surface area is 82.7 Å². The molecule has 1 aromatic heterocycles. The summed E-state index contributed by atoms with van der Waals surface area (Å²) in [6, 6.07) is 5.37. The summed E-state index contributed by atoms with van der Waals surface area (Å²) in [5, 5.41) is 10.8. The molecule has 4 nitrogen and oxygen atoms in total. The van der Waals surface area contributed by atoms with Crippen LogP contribution in [0.1, 0.15) is 12.1 Å². The number of alkyl halides is 2. The predicted molar refractivity (Wildman–Crippen MR) is 49.9 cm³/mol. The van der Waals surface area contributed by atoms with Gasteiger partial charge in [-0.25, -0.2) is 8.78 Å². The van der Waals surface area contributed by atoms with Crippen molar-refractivity contribution in [1.82, 2.24) is 4.98 Å².